The van der Waals surface area contributed by atoms with Crippen LogP contribution in [0.4, 0.5) is 5.69 Å². The van der Waals surface area contributed by atoms with Crippen LogP contribution in [0.2, 0.25) is 5.02 Å². The number of carbonyl (C=O) groups excluding carboxylic acids is 2. The lowest BCUT2D eigenvalue weighted by atomic mass is 10.2. The molecular weight excluding hydrogens is 556 g/mol. The fraction of sp³-hybridized carbons (Fsp3) is 0.143. The summed E-state index contributed by atoms with van der Waals surface area (Å²) in [6.07, 6.45) is 1.58. The molecular formula is C21H16BrClN2O6S2. The van der Waals surface area contributed by atoms with Crippen molar-refractivity contribution in [1.82, 2.24) is 4.90 Å². The molecule has 0 radical (unpaired) electrons. The van der Waals surface area contributed by atoms with E-state index in [2.05, 4.69) is 21.2 Å². The number of thiocarbonyl (C=S) groups is 1. The first-order valence-corrected chi connectivity index (χ1v) is 11.6. The van der Waals surface area contributed by atoms with Gasteiger partial charge in [0.2, 0.25) is 0 Å². The number of benzene rings is 2. The fourth-order valence-corrected chi connectivity index (χ4v) is 4.41. The molecule has 0 aliphatic carbocycles. The lowest BCUT2D eigenvalue weighted by molar-refractivity contribution is -0.140. The largest absolute Gasteiger partial charge is 0.493 e. The second kappa shape index (κ2) is 11.0. The molecule has 0 bridgehead atoms. The highest BCUT2D eigenvalue weighted by Gasteiger charge is 2.33. The molecule has 0 unspecified atom stereocenters. The van der Waals surface area contributed by atoms with Crippen molar-refractivity contribution in [1.29, 1.82) is 0 Å². The van der Waals surface area contributed by atoms with Crippen molar-refractivity contribution < 1.29 is 29.0 Å². The number of anilines is 1. The number of nitrogens with zero attached hydrogens (tertiary/aromatic N) is 1. The molecule has 1 aliphatic rings. The van der Waals surface area contributed by atoms with Crippen molar-refractivity contribution in [2.45, 2.75) is 0 Å². The molecule has 2 amide bonds. The smallest absolute Gasteiger partial charge is 0.323 e. The maximum absolute atomic E-state index is 12.4. The molecule has 1 aliphatic heterocycles. The summed E-state index contributed by atoms with van der Waals surface area (Å²) in [6, 6.07) is 9.93. The SMILES string of the molecule is COc1cc(C=C2SC(=S)N(CC(=O)O)C2=O)ccc1OCC(=O)Nc1ccc(Br)c(Cl)c1. The minimum atomic E-state index is -1.15. The Hall–Kier alpha value is -2.60. The van der Waals surface area contributed by atoms with Crippen LogP contribution >= 0.6 is 51.5 Å². The molecule has 0 saturated carbocycles. The number of thioether (sulfide) groups is 1. The van der Waals surface area contributed by atoms with Crippen LogP contribution in [-0.2, 0) is 14.4 Å². The number of halogens is 2. The summed E-state index contributed by atoms with van der Waals surface area (Å²) >= 11 is 15.4. The summed E-state index contributed by atoms with van der Waals surface area (Å²) in [4.78, 5) is 36.9. The highest BCUT2D eigenvalue weighted by atomic mass is 79.9. The van der Waals surface area contributed by atoms with Gasteiger partial charge in [-0.1, -0.05) is 41.6 Å². The Morgan fingerprint density at radius 1 is 1.27 bits per heavy atom. The van der Waals surface area contributed by atoms with Crippen molar-refractivity contribution in [3.63, 3.8) is 0 Å². The second-order valence-electron chi connectivity index (χ2n) is 6.54. The van der Waals surface area contributed by atoms with E-state index in [-0.39, 0.29) is 16.8 Å². The molecule has 1 fully saturated rings. The van der Waals surface area contributed by atoms with Gasteiger partial charge in [0, 0.05) is 10.2 Å². The highest BCUT2D eigenvalue weighted by molar-refractivity contribution is 9.10. The Morgan fingerprint density at radius 2 is 2.03 bits per heavy atom. The molecule has 0 aromatic heterocycles. The Morgan fingerprint density at radius 3 is 2.70 bits per heavy atom. The Labute approximate surface area is 212 Å². The van der Waals surface area contributed by atoms with Crippen LogP contribution in [0.3, 0.4) is 0 Å². The van der Waals surface area contributed by atoms with Crippen LogP contribution in [0.15, 0.2) is 45.8 Å². The highest BCUT2D eigenvalue weighted by Crippen LogP contribution is 2.34. The predicted octanol–water partition coefficient (Wildman–Crippen LogP) is 4.41. The molecule has 2 aromatic rings. The van der Waals surface area contributed by atoms with Gasteiger partial charge >= 0.3 is 5.97 Å². The third kappa shape index (κ3) is 6.47. The van der Waals surface area contributed by atoms with Crippen LogP contribution in [-0.4, -0.2) is 52.4 Å². The van der Waals surface area contributed by atoms with Gasteiger partial charge in [-0.2, -0.15) is 0 Å². The zero-order chi connectivity index (χ0) is 24.1. The zero-order valence-corrected chi connectivity index (χ0v) is 20.9. The van der Waals surface area contributed by atoms with E-state index in [1.54, 1.807) is 42.5 Å². The third-order valence-electron chi connectivity index (χ3n) is 4.21. The number of carbonyl (C=O) groups is 3. The summed E-state index contributed by atoms with van der Waals surface area (Å²) in [6.45, 7) is -0.760. The first-order valence-electron chi connectivity index (χ1n) is 9.21. The normalized spacial score (nSPS) is 14.5. The molecule has 3 rings (SSSR count). The lowest BCUT2D eigenvalue weighted by Gasteiger charge is -2.12. The molecule has 1 saturated heterocycles. The van der Waals surface area contributed by atoms with E-state index in [0.29, 0.717) is 37.2 Å². The van der Waals surface area contributed by atoms with E-state index in [9.17, 15) is 14.4 Å². The number of carboxylic acids is 1. The van der Waals surface area contributed by atoms with E-state index in [4.69, 9.17) is 38.4 Å². The summed E-state index contributed by atoms with van der Waals surface area (Å²) < 4.78 is 11.8. The molecule has 172 valence electrons. The first kappa shape index (κ1) is 25.0. The van der Waals surface area contributed by atoms with Crippen LogP contribution in [0.1, 0.15) is 5.56 Å². The number of ether oxygens (including phenoxy) is 2. The maximum atomic E-state index is 12.4. The van der Waals surface area contributed by atoms with E-state index in [1.165, 1.54) is 7.11 Å². The van der Waals surface area contributed by atoms with Gasteiger partial charge < -0.3 is 19.9 Å². The van der Waals surface area contributed by atoms with Gasteiger partial charge in [0.25, 0.3) is 11.8 Å². The van der Waals surface area contributed by atoms with E-state index in [1.807, 2.05) is 0 Å². The Bertz CT molecular complexity index is 1170. The number of rotatable bonds is 8. The summed E-state index contributed by atoms with van der Waals surface area (Å²) in [5.41, 5.74) is 1.14. The monoisotopic (exact) mass is 570 g/mol. The predicted molar refractivity (Wildman–Crippen MR) is 134 cm³/mol. The van der Waals surface area contributed by atoms with Crippen LogP contribution in [0.25, 0.3) is 6.08 Å². The third-order valence-corrected chi connectivity index (χ3v) is 6.82. The number of hydrogen-bond donors (Lipinski definition) is 2. The molecule has 2 N–H and O–H groups in total. The molecule has 1 heterocycles. The molecule has 2 aromatic carbocycles. The van der Waals surface area contributed by atoms with Crippen molar-refractivity contribution in [3.8, 4) is 11.5 Å². The molecule has 33 heavy (non-hydrogen) atoms. The zero-order valence-electron chi connectivity index (χ0n) is 17.0. The number of carboxylic acid groups (broad SMARTS) is 1. The van der Waals surface area contributed by atoms with Crippen molar-refractivity contribution in [3.05, 3.63) is 56.4 Å². The molecule has 0 atom stereocenters. The average Bonchev–Trinajstić information content (AvgIpc) is 3.02. The van der Waals surface area contributed by atoms with Gasteiger partial charge in [-0.05, 0) is 57.9 Å². The molecule has 0 spiro atoms. The standard InChI is InChI=1S/C21H16BrClN2O6S2/c1-30-16-6-11(7-17-20(29)25(9-19(27)28)21(32)33-17)2-5-15(16)31-10-18(26)24-12-3-4-13(22)14(23)8-12/h2-8H,9-10H2,1H3,(H,24,26)(H,27,28). The molecule has 8 nitrogen and oxygen atoms in total. The fourth-order valence-electron chi connectivity index (χ4n) is 2.73. The minimum absolute atomic E-state index is 0.179. The quantitative estimate of drug-likeness (QED) is 0.355. The van der Waals surface area contributed by atoms with Gasteiger partial charge in [0.15, 0.2) is 18.1 Å². The van der Waals surface area contributed by atoms with Crippen LogP contribution < -0.4 is 14.8 Å². The Balaban J connectivity index is 1.67. The lowest BCUT2D eigenvalue weighted by Crippen LogP contribution is -2.33. The van der Waals surface area contributed by atoms with Crippen molar-refractivity contribution in [2.75, 3.05) is 25.6 Å². The van der Waals surface area contributed by atoms with Gasteiger partial charge in [0.05, 0.1) is 17.0 Å². The van der Waals surface area contributed by atoms with Gasteiger partial charge in [-0.25, -0.2) is 0 Å². The average molecular weight is 572 g/mol. The summed E-state index contributed by atoms with van der Waals surface area (Å²) in [7, 11) is 1.45. The van der Waals surface area contributed by atoms with Gasteiger partial charge in [0.1, 0.15) is 10.9 Å². The van der Waals surface area contributed by atoms with Crippen molar-refractivity contribution >= 4 is 85.4 Å². The van der Waals surface area contributed by atoms with Crippen molar-refractivity contribution in [2.24, 2.45) is 0 Å². The van der Waals surface area contributed by atoms with E-state index >= 15 is 0 Å². The second-order valence-corrected chi connectivity index (χ2v) is 9.47. The number of methoxy groups -OCH3 is 1. The van der Waals surface area contributed by atoms with Gasteiger partial charge in [-0.15, -0.1) is 0 Å². The van der Waals surface area contributed by atoms with Gasteiger partial charge in [-0.3, -0.25) is 19.3 Å². The summed E-state index contributed by atoms with van der Waals surface area (Å²) in [5, 5.41) is 12.1. The van der Waals surface area contributed by atoms with Crippen LogP contribution in [0.5, 0.6) is 11.5 Å². The first-order chi connectivity index (χ1) is 15.7. The summed E-state index contributed by atoms with van der Waals surface area (Å²) in [5.74, 6) is -1.33. The van der Waals surface area contributed by atoms with Crippen LogP contribution in [0, 0.1) is 0 Å². The molecule has 12 heteroatoms. The maximum Gasteiger partial charge on any atom is 0.323 e. The topological polar surface area (TPSA) is 105 Å². The van der Waals surface area contributed by atoms with E-state index in [0.717, 1.165) is 16.7 Å². The Kier molecular flexibility index (Phi) is 8.35. The number of amides is 2. The number of aliphatic carboxylic acids is 1. The van der Waals surface area contributed by atoms with E-state index < -0.39 is 18.4 Å². The number of nitrogens with one attached hydrogen (secondary N) is 1. The number of hydrogen-bond acceptors (Lipinski definition) is 7. The minimum Gasteiger partial charge on any atom is -0.493 e.